The SMILES string of the molecule is O=C(Oc1ccc(N2C(=O)[C@@H]3CC=CC[C@H]3C2=O)cc1)[C@@H]1CC(=O)N(c2ccccc2Cl)C1. The maximum absolute atomic E-state index is 12.7. The molecule has 2 heterocycles. The number of hydrogen-bond acceptors (Lipinski definition) is 5. The number of benzene rings is 2. The maximum Gasteiger partial charge on any atom is 0.316 e. The molecule has 7 nitrogen and oxygen atoms in total. The predicted molar refractivity (Wildman–Crippen MR) is 122 cm³/mol. The standard InChI is InChI=1S/C25H21ClN2O5/c26-20-7-3-4-8-21(20)27-14-15(13-22(27)29)25(32)33-17-11-9-16(10-12-17)28-23(30)18-5-1-2-6-19(18)24(28)31/h1-4,7-12,15,18-19H,5-6,13-14H2/t15-,18-,19-/m1/s1. The number of imide groups is 1. The fourth-order valence-electron chi connectivity index (χ4n) is 4.69. The Morgan fingerprint density at radius 3 is 2.18 bits per heavy atom. The minimum absolute atomic E-state index is 0.0374. The van der Waals surface area contributed by atoms with Gasteiger partial charge in [-0.1, -0.05) is 35.9 Å². The molecular formula is C25H21ClN2O5. The normalized spacial score (nSPS) is 24.4. The topological polar surface area (TPSA) is 84.0 Å². The minimum Gasteiger partial charge on any atom is -0.426 e. The zero-order chi connectivity index (χ0) is 23.1. The zero-order valence-electron chi connectivity index (χ0n) is 17.6. The lowest BCUT2D eigenvalue weighted by Gasteiger charge is -2.18. The summed E-state index contributed by atoms with van der Waals surface area (Å²) in [5.41, 5.74) is 1.03. The molecule has 0 saturated carbocycles. The summed E-state index contributed by atoms with van der Waals surface area (Å²) in [6, 6.07) is 13.3. The van der Waals surface area contributed by atoms with Crippen molar-refractivity contribution >= 4 is 46.7 Å². The highest BCUT2D eigenvalue weighted by Gasteiger charge is 2.47. The fourth-order valence-corrected chi connectivity index (χ4v) is 4.92. The molecule has 1 aliphatic carbocycles. The molecule has 0 N–H and O–H groups in total. The van der Waals surface area contributed by atoms with Crippen LogP contribution in [-0.4, -0.2) is 30.2 Å². The molecule has 0 aromatic heterocycles. The van der Waals surface area contributed by atoms with Gasteiger partial charge < -0.3 is 9.64 Å². The summed E-state index contributed by atoms with van der Waals surface area (Å²) < 4.78 is 5.48. The van der Waals surface area contributed by atoms with E-state index in [4.69, 9.17) is 16.3 Å². The van der Waals surface area contributed by atoms with E-state index in [0.29, 0.717) is 29.2 Å². The Morgan fingerprint density at radius 2 is 1.55 bits per heavy atom. The molecule has 2 aromatic rings. The monoisotopic (exact) mass is 464 g/mol. The van der Waals surface area contributed by atoms with Gasteiger partial charge in [0.05, 0.1) is 34.2 Å². The average Bonchev–Trinajstić information content (AvgIpc) is 3.33. The molecule has 2 aliphatic heterocycles. The van der Waals surface area contributed by atoms with Crippen LogP contribution in [0.4, 0.5) is 11.4 Å². The van der Waals surface area contributed by atoms with Crippen molar-refractivity contribution in [1.29, 1.82) is 0 Å². The van der Waals surface area contributed by atoms with Gasteiger partial charge >= 0.3 is 5.97 Å². The van der Waals surface area contributed by atoms with E-state index >= 15 is 0 Å². The van der Waals surface area contributed by atoms with Gasteiger partial charge in [-0.2, -0.15) is 0 Å². The van der Waals surface area contributed by atoms with Gasteiger partial charge in [0, 0.05) is 13.0 Å². The molecule has 8 heteroatoms. The minimum atomic E-state index is -0.620. The smallest absolute Gasteiger partial charge is 0.316 e. The lowest BCUT2D eigenvalue weighted by molar-refractivity contribution is -0.139. The van der Waals surface area contributed by atoms with Gasteiger partial charge in [-0.25, -0.2) is 0 Å². The molecule has 33 heavy (non-hydrogen) atoms. The number of carbonyl (C=O) groups excluding carboxylic acids is 4. The second-order valence-corrected chi connectivity index (χ2v) is 8.85. The van der Waals surface area contributed by atoms with Crippen molar-refractivity contribution < 1.29 is 23.9 Å². The Bertz CT molecular complexity index is 1150. The number of anilines is 2. The number of halogens is 1. The number of allylic oxidation sites excluding steroid dienone is 2. The number of para-hydroxylation sites is 1. The molecule has 3 aliphatic rings. The van der Waals surface area contributed by atoms with Crippen LogP contribution in [0.25, 0.3) is 0 Å². The number of amides is 3. The summed E-state index contributed by atoms with van der Waals surface area (Å²) in [4.78, 5) is 53.3. The number of hydrogen-bond donors (Lipinski definition) is 0. The molecular weight excluding hydrogens is 444 g/mol. The van der Waals surface area contributed by atoms with E-state index < -0.39 is 11.9 Å². The van der Waals surface area contributed by atoms with Gasteiger partial charge in [0.2, 0.25) is 17.7 Å². The van der Waals surface area contributed by atoms with Crippen LogP contribution in [0.1, 0.15) is 19.3 Å². The third-order valence-corrected chi connectivity index (χ3v) is 6.74. The first-order valence-corrected chi connectivity index (χ1v) is 11.2. The van der Waals surface area contributed by atoms with E-state index in [2.05, 4.69) is 0 Å². The van der Waals surface area contributed by atoms with E-state index in [0.717, 1.165) is 0 Å². The molecule has 0 radical (unpaired) electrons. The van der Waals surface area contributed by atoms with Crippen LogP contribution in [-0.2, 0) is 19.2 Å². The van der Waals surface area contributed by atoms with Gasteiger partial charge in [0.15, 0.2) is 0 Å². The van der Waals surface area contributed by atoms with E-state index in [1.807, 2.05) is 12.2 Å². The Labute approximate surface area is 195 Å². The molecule has 5 rings (SSSR count). The summed E-state index contributed by atoms with van der Waals surface area (Å²) in [7, 11) is 0. The average molecular weight is 465 g/mol. The summed E-state index contributed by atoms with van der Waals surface area (Å²) in [5.74, 6) is -2.04. The van der Waals surface area contributed by atoms with Crippen molar-refractivity contribution in [1.82, 2.24) is 0 Å². The van der Waals surface area contributed by atoms with E-state index in [1.165, 1.54) is 9.80 Å². The van der Waals surface area contributed by atoms with Crippen LogP contribution in [0.5, 0.6) is 5.75 Å². The Balaban J connectivity index is 1.25. The van der Waals surface area contributed by atoms with E-state index in [9.17, 15) is 19.2 Å². The van der Waals surface area contributed by atoms with Crippen molar-refractivity contribution in [2.24, 2.45) is 17.8 Å². The molecule has 0 spiro atoms. The van der Waals surface area contributed by atoms with Gasteiger partial charge in [-0.3, -0.25) is 24.1 Å². The molecule has 0 unspecified atom stereocenters. The predicted octanol–water partition coefficient (Wildman–Crippen LogP) is 3.75. The van der Waals surface area contributed by atoms with Crippen LogP contribution < -0.4 is 14.5 Å². The molecule has 168 valence electrons. The van der Waals surface area contributed by atoms with Gasteiger partial charge in [0.1, 0.15) is 5.75 Å². The summed E-state index contributed by atoms with van der Waals surface area (Å²) in [5, 5.41) is 0.442. The van der Waals surface area contributed by atoms with Crippen molar-refractivity contribution in [2.45, 2.75) is 19.3 Å². The highest BCUT2D eigenvalue weighted by molar-refractivity contribution is 6.33. The van der Waals surface area contributed by atoms with Gasteiger partial charge in [-0.15, -0.1) is 0 Å². The first-order chi connectivity index (χ1) is 15.9. The first kappa shape index (κ1) is 21.4. The van der Waals surface area contributed by atoms with Crippen molar-refractivity contribution in [2.75, 3.05) is 16.3 Å². The fraction of sp³-hybridized carbons (Fsp3) is 0.280. The van der Waals surface area contributed by atoms with Crippen LogP contribution in [0.3, 0.4) is 0 Å². The molecule has 0 bridgehead atoms. The van der Waals surface area contributed by atoms with Crippen molar-refractivity contribution in [3.05, 3.63) is 65.7 Å². The molecule has 2 saturated heterocycles. The van der Waals surface area contributed by atoms with Crippen LogP contribution >= 0.6 is 11.6 Å². The number of carbonyl (C=O) groups is 4. The second-order valence-electron chi connectivity index (χ2n) is 8.44. The number of fused-ring (bicyclic) bond motifs is 1. The number of nitrogens with zero attached hydrogens (tertiary/aromatic N) is 2. The van der Waals surface area contributed by atoms with Gasteiger partial charge in [-0.05, 0) is 49.2 Å². The summed E-state index contributed by atoms with van der Waals surface area (Å²) in [6.07, 6.45) is 5.08. The van der Waals surface area contributed by atoms with Crippen LogP contribution in [0.2, 0.25) is 5.02 Å². The number of ether oxygens (including phenoxy) is 1. The first-order valence-electron chi connectivity index (χ1n) is 10.8. The lowest BCUT2D eigenvalue weighted by Crippen LogP contribution is -2.30. The molecule has 2 aromatic carbocycles. The Kier molecular flexibility index (Phi) is 5.50. The number of esters is 1. The third-order valence-electron chi connectivity index (χ3n) is 6.42. The summed E-state index contributed by atoms with van der Waals surface area (Å²) in [6.45, 7) is 0.188. The van der Waals surface area contributed by atoms with Crippen molar-refractivity contribution in [3.8, 4) is 5.75 Å². The largest absolute Gasteiger partial charge is 0.426 e. The Hall–Kier alpha value is -3.45. The second kappa shape index (κ2) is 8.48. The summed E-state index contributed by atoms with van der Waals surface area (Å²) >= 11 is 6.19. The number of rotatable bonds is 4. The van der Waals surface area contributed by atoms with Gasteiger partial charge in [0.25, 0.3) is 0 Å². The molecule has 3 atom stereocenters. The van der Waals surface area contributed by atoms with E-state index in [1.54, 1.807) is 48.5 Å². The highest BCUT2D eigenvalue weighted by atomic mass is 35.5. The third kappa shape index (κ3) is 3.82. The lowest BCUT2D eigenvalue weighted by atomic mass is 9.85. The maximum atomic E-state index is 12.7. The highest BCUT2D eigenvalue weighted by Crippen LogP contribution is 2.38. The molecule has 3 amide bonds. The quantitative estimate of drug-likeness (QED) is 0.298. The van der Waals surface area contributed by atoms with Crippen molar-refractivity contribution in [3.63, 3.8) is 0 Å². The van der Waals surface area contributed by atoms with E-state index in [-0.39, 0.29) is 48.3 Å². The van der Waals surface area contributed by atoms with Crippen LogP contribution in [0.15, 0.2) is 60.7 Å². The molecule has 2 fully saturated rings. The zero-order valence-corrected chi connectivity index (χ0v) is 18.4. The van der Waals surface area contributed by atoms with Crippen LogP contribution in [0, 0.1) is 17.8 Å². The Morgan fingerprint density at radius 1 is 0.909 bits per heavy atom.